The maximum absolute atomic E-state index is 13.7. The van der Waals surface area contributed by atoms with E-state index in [4.69, 9.17) is 4.74 Å². The van der Waals surface area contributed by atoms with Gasteiger partial charge in [-0.3, -0.25) is 9.59 Å². The topological polar surface area (TPSA) is 87.7 Å². The minimum Gasteiger partial charge on any atom is -0.444 e. The number of rotatable bonds is 11. The second-order valence-corrected chi connectivity index (χ2v) is 9.91. The molecule has 0 aliphatic heterocycles. The fourth-order valence-corrected chi connectivity index (χ4v) is 3.69. The van der Waals surface area contributed by atoms with Crippen molar-refractivity contribution in [3.05, 3.63) is 35.4 Å². The number of aryl methyl sites for hydroxylation is 1. The van der Waals surface area contributed by atoms with Crippen LogP contribution in [0, 0.1) is 6.92 Å². The Morgan fingerprint density at radius 1 is 1.09 bits per heavy atom. The van der Waals surface area contributed by atoms with Gasteiger partial charge in [-0.05, 0) is 59.1 Å². The van der Waals surface area contributed by atoms with E-state index in [1.807, 2.05) is 45.0 Å². The number of ether oxygens (including phenoxy) is 1. The van der Waals surface area contributed by atoms with Crippen molar-refractivity contribution in [3.63, 3.8) is 0 Å². The van der Waals surface area contributed by atoms with Crippen LogP contribution in [0.1, 0.15) is 78.0 Å². The number of thiol groups is 1. The summed E-state index contributed by atoms with van der Waals surface area (Å²) in [6.45, 7) is 13.4. The lowest BCUT2D eigenvalue weighted by atomic mass is 9.97. The van der Waals surface area contributed by atoms with Crippen LogP contribution < -0.4 is 10.6 Å². The molecule has 2 atom stereocenters. The molecule has 186 valence electrons. The number of carbonyl (C=O) groups is 3. The molecular formula is C25H41N3O4S. The van der Waals surface area contributed by atoms with E-state index in [0.717, 1.165) is 30.4 Å². The lowest BCUT2D eigenvalue weighted by Crippen LogP contribution is -2.54. The van der Waals surface area contributed by atoms with Gasteiger partial charge in [0.2, 0.25) is 11.8 Å². The van der Waals surface area contributed by atoms with E-state index < -0.39 is 23.8 Å². The number of unbranched alkanes of at least 4 members (excludes halogenated alkanes) is 2. The van der Waals surface area contributed by atoms with Crippen molar-refractivity contribution in [3.8, 4) is 0 Å². The van der Waals surface area contributed by atoms with Gasteiger partial charge in [0.25, 0.3) is 0 Å². The molecule has 3 amide bonds. The first-order chi connectivity index (χ1) is 15.4. The molecule has 7 nitrogen and oxygen atoms in total. The van der Waals surface area contributed by atoms with Crippen molar-refractivity contribution >= 4 is 30.5 Å². The van der Waals surface area contributed by atoms with Crippen LogP contribution >= 0.6 is 12.6 Å². The second-order valence-electron chi connectivity index (χ2n) is 9.54. The van der Waals surface area contributed by atoms with Crippen LogP contribution in [0.2, 0.25) is 0 Å². The number of hydrogen-bond donors (Lipinski definition) is 3. The second kappa shape index (κ2) is 13.5. The summed E-state index contributed by atoms with van der Waals surface area (Å²) < 4.78 is 5.33. The Kier molecular flexibility index (Phi) is 11.8. The first kappa shape index (κ1) is 28.8. The summed E-state index contributed by atoms with van der Waals surface area (Å²) in [7, 11) is 0. The molecule has 2 N–H and O–H groups in total. The summed E-state index contributed by atoms with van der Waals surface area (Å²) >= 11 is 4.31. The smallest absolute Gasteiger partial charge is 0.408 e. The summed E-state index contributed by atoms with van der Waals surface area (Å²) in [5.74, 6) is -0.535. The monoisotopic (exact) mass is 479 g/mol. The molecule has 1 aromatic carbocycles. The molecule has 0 aliphatic rings. The Balaban J connectivity index is 3.37. The van der Waals surface area contributed by atoms with Gasteiger partial charge in [-0.1, -0.05) is 44.0 Å². The zero-order valence-corrected chi connectivity index (χ0v) is 22.0. The van der Waals surface area contributed by atoms with E-state index in [1.165, 1.54) is 0 Å². The summed E-state index contributed by atoms with van der Waals surface area (Å²) in [4.78, 5) is 41.0. The van der Waals surface area contributed by atoms with E-state index >= 15 is 0 Å². The van der Waals surface area contributed by atoms with Gasteiger partial charge in [0, 0.05) is 18.3 Å². The van der Waals surface area contributed by atoms with Crippen LogP contribution in [0.3, 0.4) is 0 Å². The van der Waals surface area contributed by atoms with E-state index in [-0.39, 0.29) is 23.6 Å². The van der Waals surface area contributed by atoms with Crippen LogP contribution in [0.4, 0.5) is 4.79 Å². The Hall–Kier alpha value is -2.22. The van der Waals surface area contributed by atoms with Gasteiger partial charge in [-0.2, -0.15) is 12.6 Å². The van der Waals surface area contributed by atoms with Gasteiger partial charge >= 0.3 is 6.09 Å². The first-order valence-corrected chi connectivity index (χ1v) is 12.3. The van der Waals surface area contributed by atoms with Crippen LogP contribution in [0.15, 0.2) is 24.3 Å². The Labute approximate surface area is 204 Å². The minimum absolute atomic E-state index is 0.0780. The van der Waals surface area contributed by atoms with Crippen molar-refractivity contribution in [1.82, 2.24) is 15.5 Å². The highest BCUT2D eigenvalue weighted by Crippen LogP contribution is 2.26. The molecule has 8 heteroatoms. The summed E-state index contributed by atoms with van der Waals surface area (Å²) in [5, 5.41) is 5.59. The highest BCUT2D eigenvalue weighted by atomic mass is 32.1. The third kappa shape index (κ3) is 9.66. The molecule has 0 aliphatic carbocycles. The van der Waals surface area contributed by atoms with Crippen molar-refractivity contribution in [2.45, 2.75) is 91.5 Å². The highest BCUT2D eigenvalue weighted by Gasteiger charge is 2.36. The molecule has 0 heterocycles. The Morgan fingerprint density at radius 3 is 2.24 bits per heavy atom. The maximum Gasteiger partial charge on any atom is 0.408 e. The van der Waals surface area contributed by atoms with Crippen molar-refractivity contribution in [2.75, 3.05) is 12.3 Å². The van der Waals surface area contributed by atoms with Gasteiger partial charge in [0.15, 0.2) is 0 Å². The van der Waals surface area contributed by atoms with Gasteiger partial charge < -0.3 is 20.3 Å². The fraction of sp³-hybridized carbons (Fsp3) is 0.640. The lowest BCUT2D eigenvalue weighted by Gasteiger charge is -2.35. The quantitative estimate of drug-likeness (QED) is 0.324. The molecule has 0 saturated carbocycles. The number of benzene rings is 1. The molecule has 2 unspecified atom stereocenters. The summed E-state index contributed by atoms with van der Waals surface area (Å²) in [6.07, 6.45) is 1.94. The Morgan fingerprint density at radius 2 is 1.73 bits per heavy atom. The predicted molar refractivity (Wildman–Crippen MR) is 135 cm³/mol. The lowest BCUT2D eigenvalue weighted by molar-refractivity contribution is -0.142. The van der Waals surface area contributed by atoms with Crippen LogP contribution in [0.25, 0.3) is 0 Å². The number of hydrogen-bond acceptors (Lipinski definition) is 5. The van der Waals surface area contributed by atoms with Crippen LogP contribution in [-0.4, -0.2) is 52.8 Å². The van der Waals surface area contributed by atoms with Gasteiger partial charge in [0.05, 0.1) is 0 Å². The maximum atomic E-state index is 13.7. The van der Waals surface area contributed by atoms with Crippen molar-refractivity contribution < 1.29 is 19.1 Å². The molecular weight excluding hydrogens is 438 g/mol. The molecule has 0 fully saturated rings. The van der Waals surface area contributed by atoms with Crippen molar-refractivity contribution in [2.24, 2.45) is 0 Å². The molecule has 0 aromatic heterocycles. The van der Waals surface area contributed by atoms with E-state index in [1.54, 1.807) is 25.7 Å². The zero-order valence-electron chi connectivity index (χ0n) is 21.1. The SMILES string of the molecule is CCCCCN(C(=O)C(CS)NC(=O)OC(C)(C)C)C(C(=O)NC(C)C)c1ccccc1C. The largest absolute Gasteiger partial charge is 0.444 e. The number of nitrogens with one attached hydrogen (secondary N) is 2. The molecule has 33 heavy (non-hydrogen) atoms. The van der Waals surface area contributed by atoms with Gasteiger partial charge in [-0.25, -0.2) is 4.79 Å². The van der Waals surface area contributed by atoms with Crippen LogP contribution in [0.5, 0.6) is 0 Å². The Bertz CT molecular complexity index is 792. The van der Waals surface area contributed by atoms with E-state index in [2.05, 4.69) is 30.2 Å². The van der Waals surface area contributed by atoms with Crippen LogP contribution in [-0.2, 0) is 14.3 Å². The first-order valence-electron chi connectivity index (χ1n) is 11.7. The van der Waals surface area contributed by atoms with Crippen molar-refractivity contribution in [1.29, 1.82) is 0 Å². The highest BCUT2D eigenvalue weighted by molar-refractivity contribution is 7.80. The summed E-state index contributed by atoms with van der Waals surface area (Å²) in [6, 6.07) is 5.73. The number of amides is 3. The van der Waals surface area contributed by atoms with E-state index in [0.29, 0.717) is 6.54 Å². The number of nitrogens with zero attached hydrogens (tertiary/aromatic N) is 1. The molecule has 0 radical (unpaired) electrons. The van der Waals surface area contributed by atoms with Gasteiger partial charge in [-0.15, -0.1) is 0 Å². The zero-order chi connectivity index (χ0) is 25.2. The number of carbonyl (C=O) groups excluding carboxylic acids is 3. The molecule has 0 saturated heterocycles. The standard InChI is InChI=1S/C25H41N3O4S/c1-8-9-12-15-28(23(30)20(16-33)27-24(31)32-25(5,6)7)21(22(29)26-17(2)3)19-14-11-10-13-18(19)4/h10-11,13-14,17,20-21,33H,8-9,12,15-16H2,1-7H3,(H,26,29)(H,27,31). The average Bonchev–Trinajstić information content (AvgIpc) is 2.70. The average molecular weight is 480 g/mol. The predicted octanol–water partition coefficient (Wildman–Crippen LogP) is 4.40. The minimum atomic E-state index is -0.928. The third-order valence-corrected chi connectivity index (χ3v) is 5.30. The fourth-order valence-electron chi connectivity index (χ4n) is 3.44. The normalized spacial score (nSPS) is 13.2. The molecule has 1 rings (SSSR count). The summed E-state index contributed by atoms with van der Waals surface area (Å²) in [5.41, 5.74) is 0.976. The molecule has 1 aromatic rings. The third-order valence-electron chi connectivity index (χ3n) is 4.93. The van der Waals surface area contributed by atoms with E-state index in [9.17, 15) is 14.4 Å². The molecule has 0 bridgehead atoms. The van der Waals surface area contributed by atoms with Gasteiger partial charge in [0.1, 0.15) is 17.7 Å². The number of alkyl carbamates (subject to hydrolysis) is 1. The molecule has 0 spiro atoms.